The molecule has 2 fully saturated rings. The second-order valence-corrected chi connectivity index (χ2v) is 11.7. The Morgan fingerprint density at radius 2 is 1.47 bits per heavy atom. The molecule has 2 aliphatic heterocycles. The van der Waals surface area contributed by atoms with Crippen molar-refractivity contribution in [2.24, 2.45) is 5.92 Å². The number of carbonyl (C=O) groups excluding carboxylic acids is 1. The Balaban J connectivity index is 1.44. The summed E-state index contributed by atoms with van der Waals surface area (Å²) in [5, 5.41) is 3.15. The standard InChI is InChI=1S/C27H37N3O3S/c1-19-18-20(2)22(4)26(21(19)3)34(32,33)30-16-12-23(13-17-30)27(31)28-24-10-6-7-11-25(24)29-14-8-5-9-15-29/h6-7,10-11,18,23H,5,8-9,12-17H2,1-4H3,(H,28,31). The lowest BCUT2D eigenvalue weighted by Gasteiger charge is -2.33. The quantitative estimate of drug-likeness (QED) is 0.653. The first-order valence-electron chi connectivity index (χ1n) is 12.4. The van der Waals surface area contributed by atoms with Crippen LogP contribution in [0.25, 0.3) is 0 Å². The Labute approximate surface area is 204 Å². The van der Waals surface area contributed by atoms with Crippen LogP contribution in [0.3, 0.4) is 0 Å². The number of benzene rings is 2. The van der Waals surface area contributed by atoms with Crippen LogP contribution >= 0.6 is 0 Å². The lowest BCUT2D eigenvalue weighted by atomic mass is 9.97. The molecule has 7 heteroatoms. The van der Waals surface area contributed by atoms with Crippen molar-refractivity contribution >= 4 is 27.3 Å². The molecule has 4 rings (SSSR count). The molecule has 0 saturated carbocycles. The monoisotopic (exact) mass is 483 g/mol. The third-order valence-electron chi connectivity index (χ3n) is 7.58. The van der Waals surface area contributed by atoms with Crippen molar-refractivity contribution in [2.75, 3.05) is 36.4 Å². The van der Waals surface area contributed by atoms with Gasteiger partial charge in [-0.15, -0.1) is 0 Å². The number of anilines is 2. The number of amides is 1. The van der Waals surface area contributed by atoms with Gasteiger partial charge in [-0.1, -0.05) is 18.2 Å². The molecule has 0 aromatic heterocycles. The van der Waals surface area contributed by atoms with Gasteiger partial charge in [0.15, 0.2) is 0 Å². The summed E-state index contributed by atoms with van der Waals surface area (Å²) in [5.41, 5.74) is 5.54. The second-order valence-electron chi connectivity index (χ2n) is 9.82. The van der Waals surface area contributed by atoms with E-state index in [4.69, 9.17) is 0 Å². The number of hydrogen-bond donors (Lipinski definition) is 1. The number of hydrogen-bond acceptors (Lipinski definition) is 4. The number of rotatable bonds is 5. The van der Waals surface area contributed by atoms with Gasteiger partial charge in [0, 0.05) is 32.1 Å². The first-order valence-corrected chi connectivity index (χ1v) is 13.9. The normalized spacial score (nSPS) is 18.2. The van der Waals surface area contributed by atoms with Gasteiger partial charge in [0.05, 0.1) is 16.3 Å². The Kier molecular flexibility index (Phi) is 7.33. The third-order valence-corrected chi connectivity index (χ3v) is 9.75. The van der Waals surface area contributed by atoms with E-state index in [-0.39, 0.29) is 11.8 Å². The van der Waals surface area contributed by atoms with E-state index in [9.17, 15) is 13.2 Å². The van der Waals surface area contributed by atoms with Gasteiger partial charge in [-0.3, -0.25) is 4.79 Å². The number of nitrogens with one attached hydrogen (secondary N) is 1. The molecule has 2 saturated heterocycles. The van der Waals surface area contributed by atoms with Crippen LogP contribution in [0.15, 0.2) is 35.2 Å². The maximum absolute atomic E-state index is 13.5. The van der Waals surface area contributed by atoms with Crippen molar-refractivity contribution in [3.63, 3.8) is 0 Å². The molecule has 6 nitrogen and oxygen atoms in total. The molecule has 0 radical (unpaired) electrons. The highest BCUT2D eigenvalue weighted by Crippen LogP contribution is 2.33. The van der Waals surface area contributed by atoms with Gasteiger partial charge in [0.25, 0.3) is 0 Å². The summed E-state index contributed by atoms with van der Waals surface area (Å²) < 4.78 is 28.6. The first kappa shape index (κ1) is 24.7. The van der Waals surface area contributed by atoms with Gasteiger partial charge in [-0.2, -0.15) is 4.31 Å². The third kappa shape index (κ3) is 4.86. The number of carbonyl (C=O) groups is 1. The summed E-state index contributed by atoms with van der Waals surface area (Å²) in [6.07, 6.45) is 4.66. The van der Waals surface area contributed by atoms with Gasteiger partial charge in [0.1, 0.15) is 0 Å². The number of piperidine rings is 2. The largest absolute Gasteiger partial charge is 0.370 e. The molecular weight excluding hydrogens is 446 g/mol. The number of nitrogens with zero attached hydrogens (tertiary/aromatic N) is 2. The van der Waals surface area contributed by atoms with Gasteiger partial charge in [0.2, 0.25) is 15.9 Å². The van der Waals surface area contributed by atoms with Gasteiger partial charge < -0.3 is 10.2 Å². The molecule has 34 heavy (non-hydrogen) atoms. The number of para-hydroxylation sites is 2. The molecule has 0 aliphatic carbocycles. The fourth-order valence-corrected chi connectivity index (χ4v) is 7.33. The Hall–Kier alpha value is -2.38. The lowest BCUT2D eigenvalue weighted by molar-refractivity contribution is -0.120. The Morgan fingerprint density at radius 1 is 0.882 bits per heavy atom. The van der Waals surface area contributed by atoms with E-state index < -0.39 is 10.0 Å². The minimum absolute atomic E-state index is 0.0136. The molecule has 1 N–H and O–H groups in total. The number of sulfonamides is 1. The summed E-state index contributed by atoms with van der Waals surface area (Å²) >= 11 is 0. The molecule has 2 aliphatic rings. The SMILES string of the molecule is Cc1cc(C)c(C)c(S(=O)(=O)N2CCC(C(=O)Nc3ccccc3N3CCCCC3)CC2)c1C. The predicted molar refractivity (Wildman–Crippen MR) is 138 cm³/mol. The summed E-state index contributed by atoms with van der Waals surface area (Å²) in [4.78, 5) is 15.9. The molecule has 184 valence electrons. The van der Waals surface area contributed by atoms with Crippen molar-refractivity contribution in [3.8, 4) is 0 Å². The zero-order valence-electron chi connectivity index (χ0n) is 20.9. The molecular formula is C27H37N3O3S. The average Bonchev–Trinajstić information content (AvgIpc) is 2.84. The molecule has 0 spiro atoms. The summed E-state index contributed by atoms with van der Waals surface area (Å²) in [5.74, 6) is -0.206. The van der Waals surface area contributed by atoms with Gasteiger partial charge in [-0.05, 0) is 94.2 Å². The van der Waals surface area contributed by atoms with E-state index in [1.807, 2.05) is 52.0 Å². The van der Waals surface area contributed by atoms with Crippen molar-refractivity contribution in [1.29, 1.82) is 0 Å². The minimum Gasteiger partial charge on any atom is -0.370 e. The number of aryl methyl sites for hydroxylation is 2. The molecule has 0 bridgehead atoms. The van der Waals surface area contributed by atoms with Crippen molar-refractivity contribution in [1.82, 2.24) is 4.31 Å². The van der Waals surface area contributed by atoms with E-state index >= 15 is 0 Å². The van der Waals surface area contributed by atoms with Crippen LogP contribution in [0.5, 0.6) is 0 Å². The molecule has 2 heterocycles. The van der Waals surface area contributed by atoms with Crippen LogP contribution in [0.2, 0.25) is 0 Å². The first-order chi connectivity index (χ1) is 16.2. The second kappa shape index (κ2) is 10.1. The smallest absolute Gasteiger partial charge is 0.243 e. The summed E-state index contributed by atoms with van der Waals surface area (Å²) in [6, 6.07) is 10.0. The van der Waals surface area contributed by atoms with Crippen LogP contribution in [-0.4, -0.2) is 44.8 Å². The summed E-state index contributed by atoms with van der Waals surface area (Å²) in [7, 11) is -3.60. The molecule has 0 unspecified atom stereocenters. The topological polar surface area (TPSA) is 69.7 Å². The minimum atomic E-state index is -3.60. The maximum atomic E-state index is 13.5. The highest BCUT2D eigenvalue weighted by atomic mass is 32.2. The van der Waals surface area contributed by atoms with Crippen molar-refractivity contribution in [3.05, 3.63) is 52.6 Å². The van der Waals surface area contributed by atoms with Crippen molar-refractivity contribution in [2.45, 2.75) is 64.7 Å². The molecule has 2 aromatic carbocycles. The Bertz CT molecular complexity index is 1140. The summed E-state index contributed by atoms with van der Waals surface area (Å²) in [6.45, 7) is 10.4. The van der Waals surface area contributed by atoms with Gasteiger partial charge in [-0.25, -0.2) is 8.42 Å². The Morgan fingerprint density at radius 3 is 2.09 bits per heavy atom. The van der Waals surface area contributed by atoms with Crippen LogP contribution in [0.4, 0.5) is 11.4 Å². The van der Waals surface area contributed by atoms with E-state index in [0.717, 1.165) is 46.7 Å². The molecule has 1 amide bonds. The van der Waals surface area contributed by atoms with E-state index in [1.54, 1.807) is 4.31 Å². The van der Waals surface area contributed by atoms with Gasteiger partial charge >= 0.3 is 0 Å². The highest BCUT2D eigenvalue weighted by Gasteiger charge is 2.34. The van der Waals surface area contributed by atoms with E-state index in [2.05, 4.69) is 16.3 Å². The van der Waals surface area contributed by atoms with E-state index in [1.165, 1.54) is 19.3 Å². The lowest BCUT2D eigenvalue weighted by Crippen LogP contribution is -2.42. The van der Waals surface area contributed by atoms with Crippen molar-refractivity contribution < 1.29 is 13.2 Å². The van der Waals surface area contributed by atoms with Crippen LogP contribution in [0.1, 0.15) is 54.4 Å². The predicted octanol–water partition coefficient (Wildman–Crippen LogP) is 4.95. The van der Waals surface area contributed by atoms with Crippen LogP contribution < -0.4 is 10.2 Å². The fourth-order valence-electron chi connectivity index (χ4n) is 5.28. The zero-order valence-corrected chi connectivity index (χ0v) is 21.7. The van der Waals surface area contributed by atoms with Crippen LogP contribution in [-0.2, 0) is 14.8 Å². The highest BCUT2D eigenvalue weighted by molar-refractivity contribution is 7.89. The average molecular weight is 484 g/mol. The maximum Gasteiger partial charge on any atom is 0.243 e. The molecule has 2 aromatic rings. The van der Waals surface area contributed by atoms with E-state index in [0.29, 0.717) is 30.8 Å². The van der Waals surface area contributed by atoms with Crippen LogP contribution in [0, 0.1) is 33.6 Å². The molecule has 0 atom stereocenters. The zero-order chi connectivity index (χ0) is 24.5. The fraction of sp³-hybridized carbons (Fsp3) is 0.519.